The Labute approximate surface area is 166 Å². The second kappa shape index (κ2) is 8.86. The number of benzene rings is 1. The second-order valence-corrected chi connectivity index (χ2v) is 7.54. The van der Waals surface area contributed by atoms with Crippen LogP contribution in [0.25, 0.3) is 0 Å². The molecule has 150 valence electrons. The number of thioether (sulfide) groups is 1. The average Bonchev–Trinajstić information content (AvgIpc) is 2.93. The van der Waals surface area contributed by atoms with Crippen LogP contribution < -0.4 is 4.90 Å². The highest BCUT2D eigenvalue weighted by Crippen LogP contribution is 2.29. The molecular weight excluding hydrogens is 387 g/mol. The van der Waals surface area contributed by atoms with Crippen LogP contribution in [0.15, 0.2) is 42.6 Å². The summed E-state index contributed by atoms with van der Waals surface area (Å²) in [6.45, 7) is 2.31. The third-order valence-electron chi connectivity index (χ3n) is 4.67. The fourth-order valence-corrected chi connectivity index (χ4v) is 3.75. The molecule has 2 aromatic rings. The first-order valence-corrected chi connectivity index (χ1v) is 10.4. The highest BCUT2D eigenvalue weighted by Gasteiger charge is 2.31. The van der Waals surface area contributed by atoms with Crippen molar-refractivity contribution in [3.8, 4) is 0 Å². The standard InChI is InChI=1S/C20H22F3N3OS/c1-28-14-15-4-2-5-16(12-15)19(27)26-9-3-8-25(10-11-26)18-7-6-17(13-24-18)20(21,22)23/h2,4-7,12-13H,3,8-11,14H2,1H3. The Balaban J connectivity index is 1.66. The van der Waals surface area contributed by atoms with Crippen molar-refractivity contribution in [3.05, 3.63) is 59.3 Å². The number of anilines is 1. The van der Waals surface area contributed by atoms with Gasteiger partial charge in [-0.15, -0.1) is 0 Å². The molecule has 0 N–H and O–H groups in total. The number of rotatable bonds is 4. The molecule has 8 heteroatoms. The third-order valence-corrected chi connectivity index (χ3v) is 5.29. The lowest BCUT2D eigenvalue weighted by Crippen LogP contribution is -2.35. The molecule has 1 aromatic heterocycles. The Kier molecular flexibility index (Phi) is 6.49. The van der Waals surface area contributed by atoms with Crippen LogP contribution in [0, 0.1) is 0 Å². The summed E-state index contributed by atoms with van der Waals surface area (Å²) in [6.07, 6.45) is -0.773. The molecule has 2 heterocycles. The topological polar surface area (TPSA) is 36.4 Å². The van der Waals surface area contributed by atoms with E-state index in [4.69, 9.17) is 0 Å². The number of hydrogen-bond donors (Lipinski definition) is 0. The fraction of sp³-hybridized carbons (Fsp3) is 0.400. The van der Waals surface area contributed by atoms with Crippen LogP contribution in [-0.2, 0) is 11.9 Å². The maximum absolute atomic E-state index is 12.9. The Morgan fingerprint density at radius 3 is 2.64 bits per heavy atom. The number of carbonyl (C=O) groups is 1. The van der Waals surface area contributed by atoms with E-state index in [1.165, 1.54) is 6.07 Å². The van der Waals surface area contributed by atoms with Crippen LogP contribution in [0.5, 0.6) is 0 Å². The first-order chi connectivity index (χ1) is 13.4. The van der Waals surface area contributed by atoms with E-state index >= 15 is 0 Å². The van der Waals surface area contributed by atoms with Crippen LogP contribution in [0.4, 0.5) is 19.0 Å². The van der Waals surface area contributed by atoms with Crippen molar-refractivity contribution < 1.29 is 18.0 Å². The highest BCUT2D eigenvalue weighted by atomic mass is 32.2. The molecule has 0 aliphatic carbocycles. The van der Waals surface area contributed by atoms with E-state index in [1.807, 2.05) is 40.3 Å². The normalized spacial score (nSPS) is 15.4. The molecular formula is C20H22F3N3OS. The molecule has 1 amide bonds. The minimum absolute atomic E-state index is 0.00909. The Hall–Kier alpha value is -2.22. The number of alkyl halides is 3. The summed E-state index contributed by atoms with van der Waals surface area (Å²) in [5, 5.41) is 0. The quantitative estimate of drug-likeness (QED) is 0.754. The smallest absolute Gasteiger partial charge is 0.355 e. The average molecular weight is 409 g/mol. The van der Waals surface area contributed by atoms with E-state index < -0.39 is 11.7 Å². The molecule has 28 heavy (non-hydrogen) atoms. The number of pyridine rings is 1. The number of carbonyl (C=O) groups excluding carboxylic acids is 1. The van der Waals surface area contributed by atoms with E-state index in [-0.39, 0.29) is 5.91 Å². The third kappa shape index (κ3) is 4.98. The summed E-state index contributed by atoms with van der Waals surface area (Å²) in [6, 6.07) is 10.1. The van der Waals surface area contributed by atoms with E-state index in [0.29, 0.717) is 37.6 Å². The molecule has 1 aliphatic heterocycles. The zero-order valence-corrected chi connectivity index (χ0v) is 16.4. The first kappa shape index (κ1) is 20.5. The van der Waals surface area contributed by atoms with Crippen molar-refractivity contribution in [2.24, 2.45) is 0 Å². The molecule has 1 saturated heterocycles. The van der Waals surface area contributed by atoms with Crippen LogP contribution >= 0.6 is 11.8 Å². The van der Waals surface area contributed by atoms with Gasteiger partial charge in [-0.1, -0.05) is 12.1 Å². The molecule has 1 aliphatic rings. The van der Waals surface area contributed by atoms with Gasteiger partial charge in [0.15, 0.2) is 0 Å². The van der Waals surface area contributed by atoms with Crippen LogP contribution in [0.1, 0.15) is 27.9 Å². The maximum atomic E-state index is 12.9. The summed E-state index contributed by atoms with van der Waals surface area (Å²) in [7, 11) is 0. The molecule has 0 atom stereocenters. The SMILES string of the molecule is CSCc1cccc(C(=O)N2CCCN(c3ccc(C(F)(F)F)cn3)CC2)c1. The fourth-order valence-electron chi connectivity index (χ4n) is 3.23. The molecule has 1 aromatic carbocycles. The van der Waals surface area contributed by atoms with Crippen LogP contribution in [-0.4, -0.2) is 48.2 Å². The summed E-state index contributed by atoms with van der Waals surface area (Å²) in [4.78, 5) is 20.6. The van der Waals surface area contributed by atoms with Gasteiger partial charge in [-0.05, 0) is 42.5 Å². The number of halogens is 3. The monoisotopic (exact) mass is 409 g/mol. The Morgan fingerprint density at radius 2 is 1.96 bits per heavy atom. The van der Waals surface area contributed by atoms with Gasteiger partial charge in [0.25, 0.3) is 5.91 Å². The molecule has 0 radical (unpaired) electrons. The predicted octanol–water partition coefficient (Wildman–Crippen LogP) is 4.32. The van der Waals surface area contributed by atoms with Gasteiger partial charge in [-0.2, -0.15) is 24.9 Å². The van der Waals surface area contributed by atoms with Gasteiger partial charge in [0.05, 0.1) is 5.56 Å². The van der Waals surface area contributed by atoms with Gasteiger partial charge in [0, 0.05) is 43.7 Å². The zero-order chi connectivity index (χ0) is 20.1. The molecule has 0 spiro atoms. The predicted molar refractivity (Wildman–Crippen MR) is 106 cm³/mol. The zero-order valence-electron chi connectivity index (χ0n) is 15.6. The van der Waals surface area contributed by atoms with Gasteiger partial charge >= 0.3 is 6.18 Å². The number of amides is 1. The highest BCUT2D eigenvalue weighted by molar-refractivity contribution is 7.97. The molecule has 3 rings (SSSR count). The molecule has 0 saturated carbocycles. The summed E-state index contributed by atoms with van der Waals surface area (Å²) < 4.78 is 38.1. The van der Waals surface area contributed by atoms with E-state index in [2.05, 4.69) is 4.98 Å². The summed E-state index contributed by atoms with van der Waals surface area (Å²) in [5.41, 5.74) is 1.03. The van der Waals surface area contributed by atoms with Crippen molar-refractivity contribution >= 4 is 23.5 Å². The minimum atomic E-state index is -4.39. The summed E-state index contributed by atoms with van der Waals surface area (Å²) in [5.74, 6) is 1.35. The first-order valence-electron chi connectivity index (χ1n) is 9.04. The lowest BCUT2D eigenvalue weighted by Gasteiger charge is -2.23. The number of hydrogen-bond acceptors (Lipinski definition) is 4. The van der Waals surface area contributed by atoms with Crippen molar-refractivity contribution in [1.82, 2.24) is 9.88 Å². The molecule has 1 fully saturated rings. The second-order valence-electron chi connectivity index (χ2n) is 6.67. The van der Waals surface area contributed by atoms with E-state index in [9.17, 15) is 18.0 Å². The summed E-state index contributed by atoms with van der Waals surface area (Å²) >= 11 is 1.71. The van der Waals surface area contributed by atoms with Gasteiger partial charge in [0.2, 0.25) is 0 Å². The Bertz CT molecular complexity index is 811. The van der Waals surface area contributed by atoms with Crippen LogP contribution in [0.2, 0.25) is 0 Å². The van der Waals surface area contributed by atoms with Crippen molar-refractivity contribution in [3.63, 3.8) is 0 Å². The minimum Gasteiger partial charge on any atom is -0.355 e. The van der Waals surface area contributed by atoms with Crippen LogP contribution in [0.3, 0.4) is 0 Å². The van der Waals surface area contributed by atoms with Crippen molar-refractivity contribution in [2.75, 3.05) is 37.3 Å². The molecule has 4 nitrogen and oxygen atoms in total. The van der Waals surface area contributed by atoms with Crippen molar-refractivity contribution in [1.29, 1.82) is 0 Å². The van der Waals surface area contributed by atoms with Gasteiger partial charge in [0.1, 0.15) is 5.82 Å². The van der Waals surface area contributed by atoms with E-state index in [1.54, 1.807) is 11.8 Å². The maximum Gasteiger partial charge on any atom is 0.417 e. The van der Waals surface area contributed by atoms with Gasteiger partial charge in [-0.25, -0.2) is 4.98 Å². The number of nitrogens with zero attached hydrogens (tertiary/aromatic N) is 3. The largest absolute Gasteiger partial charge is 0.417 e. The van der Waals surface area contributed by atoms with Crippen molar-refractivity contribution in [2.45, 2.75) is 18.3 Å². The lowest BCUT2D eigenvalue weighted by atomic mass is 10.1. The lowest BCUT2D eigenvalue weighted by molar-refractivity contribution is -0.137. The van der Waals surface area contributed by atoms with E-state index in [0.717, 1.165) is 30.0 Å². The van der Waals surface area contributed by atoms with Gasteiger partial charge < -0.3 is 9.80 Å². The molecule has 0 bridgehead atoms. The van der Waals surface area contributed by atoms with Gasteiger partial charge in [-0.3, -0.25) is 4.79 Å². The number of aromatic nitrogens is 1. The Morgan fingerprint density at radius 1 is 1.14 bits per heavy atom. The molecule has 0 unspecified atom stereocenters.